The van der Waals surface area contributed by atoms with Crippen LogP contribution in [0.5, 0.6) is 0 Å². The van der Waals surface area contributed by atoms with Gasteiger partial charge in [-0.2, -0.15) is 0 Å². The van der Waals surface area contributed by atoms with Gasteiger partial charge in [-0.05, 0) is 25.7 Å². The van der Waals surface area contributed by atoms with Crippen LogP contribution in [-0.4, -0.2) is 41.9 Å². The number of nitrogens with one attached hydrogen (secondary N) is 1. The lowest BCUT2D eigenvalue weighted by atomic mass is 9.90. The van der Waals surface area contributed by atoms with E-state index in [2.05, 4.69) is 5.32 Å². The molecule has 6 nitrogen and oxygen atoms in total. The summed E-state index contributed by atoms with van der Waals surface area (Å²) in [6.07, 6.45) is 5.70. The van der Waals surface area contributed by atoms with Crippen LogP contribution >= 0.6 is 0 Å². The number of sulfone groups is 1. The van der Waals surface area contributed by atoms with Crippen molar-refractivity contribution in [2.75, 3.05) is 5.75 Å². The lowest BCUT2D eigenvalue weighted by molar-refractivity contribution is -0.148. The van der Waals surface area contributed by atoms with Crippen LogP contribution in [0, 0.1) is 0 Å². The van der Waals surface area contributed by atoms with E-state index in [1.54, 1.807) is 0 Å². The van der Waals surface area contributed by atoms with Crippen molar-refractivity contribution in [1.29, 1.82) is 0 Å². The molecule has 2 rings (SSSR count). The van der Waals surface area contributed by atoms with Gasteiger partial charge in [0.05, 0.1) is 5.75 Å². The third kappa shape index (κ3) is 3.56. The first-order valence-electron chi connectivity index (χ1n) is 7.64. The molecule has 0 aromatic carbocycles. The average molecular weight is 317 g/mol. The van der Waals surface area contributed by atoms with Crippen molar-refractivity contribution in [3.63, 3.8) is 0 Å². The Bertz CT molecular complexity index is 505. The number of hydrogen-bond acceptors (Lipinski definition) is 4. The summed E-state index contributed by atoms with van der Waals surface area (Å²) in [7, 11) is -3.44. The number of amides is 1. The molecule has 21 heavy (non-hydrogen) atoms. The maximum atomic E-state index is 12.4. The van der Waals surface area contributed by atoms with E-state index in [9.17, 15) is 23.1 Å². The van der Waals surface area contributed by atoms with Crippen molar-refractivity contribution in [3.8, 4) is 0 Å². The Morgan fingerprint density at radius 2 is 1.62 bits per heavy atom. The van der Waals surface area contributed by atoms with Gasteiger partial charge in [-0.1, -0.05) is 32.1 Å². The first kappa shape index (κ1) is 16.3. The van der Waals surface area contributed by atoms with E-state index < -0.39 is 32.5 Å². The molecule has 1 aliphatic heterocycles. The molecule has 0 radical (unpaired) electrons. The molecule has 2 fully saturated rings. The highest BCUT2D eigenvalue weighted by molar-refractivity contribution is 7.92. The fourth-order valence-electron chi connectivity index (χ4n) is 3.29. The quantitative estimate of drug-likeness (QED) is 0.763. The molecule has 2 aliphatic rings. The topological polar surface area (TPSA) is 101 Å². The Kier molecular flexibility index (Phi) is 4.91. The van der Waals surface area contributed by atoms with Crippen LogP contribution in [0.25, 0.3) is 0 Å². The predicted octanol–water partition coefficient (Wildman–Crippen LogP) is 1.25. The summed E-state index contributed by atoms with van der Waals surface area (Å²) in [6.45, 7) is 0. The van der Waals surface area contributed by atoms with E-state index in [-0.39, 0.29) is 5.75 Å². The van der Waals surface area contributed by atoms with Gasteiger partial charge in [0, 0.05) is 0 Å². The highest BCUT2D eigenvalue weighted by Crippen LogP contribution is 2.29. The Hall–Kier alpha value is -1.11. The highest BCUT2D eigenvalue weighted by atomic mass is 32.2. The van der Waals surface area contributed by atoms with Gasteiger partial charge in [-0.25, -0.2) is 13.2 Å². The van der Waals surface area contributed by atoms with Crippen molar-refractivity contribution in [3.05, 3.63) is 0 Å². The zero-order valence-electron chi connectivity index (χ0n) is 12.1. The number of carboxylic acids is 1. The molecule has 1 aliphatic carbocycles. The molecule has 120 valence electrons. The number of carbonyl (C=O) groups excluding carboxylic acids is 1. The zero-order valence-corrected chi connectivity index (χ0v) is 13.0. The summed E-state index contributed by atoms with van der Waals surface area (Å²) >= 11 is 0. The van der Waals surface area contributed by atoms with Gasteiger partial charge < -0.3 is 10.4 Å². The second-order valence-electron chi connectivity index (χ2n) is 6.14. The fourth-order valence-corrected chi connectivity index (χ4v) is 5.09. The summed E-state index contributed by atoms with van der Waals surface area (Å²) < 4.78 is 24.0. The summed E-state index contributed by atoms with van der Waals surface area (Å²) in [5, 5.41) is 11.0. The highest BCUT2D eigenvalue weighted by Gasteiger charge is 2.44. The van der Waals surface area contributed by atoms with E-state index in [1.165, 1.54) is 0 Å². The van der Waals surface area contributed by atoms with Gasteiger partial charge in [0.15, 0.2) is 9.84 Å². The van der Waals surface area contributed by atoms with Crippen molar-refractivity contribution in [1.82, 2.24) is 5.32 Å². The molecule has 1 amide bonds. The van der Waals surface area contributed by atoms with Crippen LogP contribution in [-0.2, 0) is 19.4 Å². The number of carbonyl (C=O) groups is 2. The SMILES string of the molecule is O=C(NC1(C(=O)O)CCCCCC1)C1CCCCS1(=O)=O. The van der Waals surface area contributed by atoms with E-state index in [1.807, 2.05) is 0 Å². The molecular weight excluding hydrogens is 294 g/mol. The van der Waals surface area contributed by atoms with Crippen molar-refractivity contribution in [2.45, 2.75) is 68.6 Å². The fraction of sp³-hybridized carbons (Fsp3) is 0.857. The monoisotopic (exact) mass is 317 g/mol. The maximum Gasteiger partial charge on any atom is 0.329 e. The molecule has 7 heteroatoms. The summed E-state index contributed by atoms with van der Waals surface area (Å²) in [6, 6.07) is 0. The van der Waals surface area contributed by atoms with Crippen LogP contribution in [0.15, 0.2) is 0 Å². The van der Waals surface area contributed by atoms with Gasteiger partial charge in [0.1, 0.15) is 10.8 Å². The number of carboxylic acid groups (broad SMARTS) is 1. The molecule has 1 unspecified atom stereocenters. The summed E-state index contributed by atoms with van der Waals surface area (Å²) in [5.41, 5.74) is -1.29. The second-order valence-corrected chi connectivity index (χ2v) is 8.45. The van der Waals surface area contributed by atoms with Gasteiger partial charge in [-0.3, -0.25) is 4.79 Å². The van der Waals surface area contributed by atoms with Crippen molar-refractivity contribution in [2.24, 2.45) is 0 Å². The summed E-state index contributed by atoms with van der Waals surface area (Å²) in [5.74, 6) is -1.66. The van der Waals surface area contributed by atoms with E-state index in [0.29, 0.717) is 32.1 Å². The van der Waals surface area contributed by atoms with Crippen molar-refractivity contribution < 1.29 is 23.1 Å². The molecule has 2 N–H and O–H groups in total. The molecule has 0 bridgehead atoms. The van der Waals surface area contributed by atoms with Gasteiger partial charge in [-0.15, -0.1) is 0 Å². The largest absolute Gasteiger partial charge is 0.480 e. The maximum absolute atomic E-state index is 12.4. The average Bonchev–Trinajstić information content (AvgIpc) is 2.64. The third-order valence-corrected chi connectivity index (χ3v) is 6.77. The van der Waals surface area contributed by atoms with Gasteiger partial charge in [0.2, 0.25) is 5.91 Å². The van der Waals surface area contributed by atoms with Crippen LogP contribution in [0.4, 0.5) is 0 Å². The number of hydrogen-bond donors (Lipinski definition) is 2. The zero-order chi connectivity index (χ0) is 15.5. The Balaban J connectivity index is 2.16. The number of rotatable bonds is 3. The Morgan fingerprint density at radius 3 is 2.14 bits per heavy atom. The predicted molar refractivity (Wildman–Crippen MR) is 77.6 cm³/mol. The first-order chi connectivity index (χ1) is 9.87. The van der Waals surface area contributed by atoms with Crippen LogP contribution < -0.4 is 5.32 Å². The minimum atomic E-state index is -3.44. The lowest BCUT2D eigenvalue weighted by Gasteiger charge is -2.32. The molecule has 1 heterocycles. The first-order valence-corrected chi connectivity index (χ1v) is 9.36. The minimum absolute atomic E-state index is 0.0190. The van der Waals surface area contributed by atoms with E-state index in [4.69, 9.17) is 0 Å². The van der Waals surface area contributed by atoms with Crippen molar-refractivity contribution >= 4 is 21.7 Å². The number of aliphatic carboxylic acids is 1. The van der Waals surface area contributed by atoms with Crippen LogP contribution in [0.2, 0.25) is 0 Å². The second kappa shape index (κ2) is 6.34. The molecule has 1 atom stereocenters. The van der Waals surface area contributed by atoms with Crippen LogP contribution in [0.1, 0.15) is 57.8 Å². The van der Waals surface area contributed by atoms with Crippen LogP contribution in [0.3, 0.4) is 0 Å². The van der Waals surface area contributed by atoms with Gasteiger partial charge in [0.25, 0.3) is 0 Å². The molecule has 0 aromatic heterocycles. The Morgan fingerprint density at radius 1 is 1.00 bits per heavy atom. The third-order valence-electron chi connectivity index (χ3n) is 4.60. The molecule has 1 saturated heterocycles. The normalized spacial score (nSPS) is 28.3. The molecule has 0 spiro atoms. The standard InChI is InChI=1S/C14H23NO5S/c16-12(11-7-3-6-10-21(11,19)20)15-14(13(17)18)8-4-1-2-5-9-14/h11H,1-10H2,(H,15,16)(H,17,18). The lowest BCUT2D eigenvalue weighted by Crippen LogP contribution is -2.58. The molecule has 0 aromatic rings. The van der Waals surface area contributed by atoms with E-state index in [0.717, 1.165) is 25.7 Å². The summed E-state index contributed by atoms with van der Waals surface area (Å²) in [4.78, 5) is 24.0. The van der Waals surface area contributed by atoms with Gasteiger partial charge >= 0.3 is 5.97 Å². The smallest absolute Gasteiger partial charge is 0.329 e. The molecule has 1 saturated carbocycles. The Labute approximate surface area is 125 Å². The minimum Gasteiger partial charge on any atom is -0.480 e. The van der Waals surface area contributed by atoms with E-state index >= 15 is 0 Å². The molecular formula is C14H23NO5S.